The van der Waals surface area contributed by atoms with Crippen LogP contribution in [0.2, 0.25) is 0 Å². The fraction of sp³-hybridized carbons (Fsp3) is 0.154. The van der Waals surface area contributed by atoms with Crippen LogP contribution in [0.15, 0.2) is 78.5 Å². The number of anilines is 2. The van der Waals surface area contributed by atoms with Gasteiger partial charge in [0.05, 0.1) is 17.9 Å². The summed E-state index contributed by atoms with van der Waals surface area (Å²) in [5.74, 6) is -0.721. The molecule has 6 heteroatoms. The second-order valence-corrected chi connectivity index (χ2v) is 7.54. The van der Waals surface area contributed by atoms with E-state index in [9.17, 15) is 14.0 Å². The van der Waals surface area contributed by atoms with E-state index in [1.165, 1.54) is 24.3 Å². The number of benzene rings is 3. The van der Waals surface area contributed by atoms with Crippen molar-refractivity contribution in [3.8, 4) is 5.75 Å². The summed E-state index contributed by atoms with van der Waals surface area (Å²) in [6.07, 6.45) is 0.886. The van der Waals surface area contributed by atoms with Crippen molar-refractivity contribution in [2.24, 2.45) is 0 Å². The summed E-state index contributed by atoms with van der Waals surface area (Å²) in [6, 6.07) is 19.9. The predicted octanol–water partition coefficient (Wildman–Crippen LogP) is 5.32. The smallest absolute Gasteiger partial charge is 0.282 e. The lowest BCUT2D eigenvalue weighted by atomic mass is 10.0. The Labute approximate surface area is 186 Å². The number of hydrogen-bond acceptors (Lipinski definition) is 4. The fourth-order valence-electron chi connectivity index (χ4n) is 3.54. The SMILES string of the molecule is CCCOc1ccc(C2=C(Nc3cccc(C)c3)C(=O)N(c3ccc(F)cc3)C2=O)cc1. The van der Waals surface area contributed by atoms with Crippen molar-refractivity contribution in [3.05, 3.63) is 95.4 Å². The monoisotopic (exact) mass is 430 g/mol. The summed E-state index contributed by atoms with van der Waals surface area (Å²) in [7, 11) is 0. The van der Waals surface area contributed by atoms with Gasteiger partial charge in [-0.1, -0.05) is 31.2 Å². The molecular weight excluding hydrogens is 407 g/mol. The molecule has 32 heavy (non-hydrogen) atoms. The number of nitrogens with one attached hydrogen (secondary N) is 1. The average Bonchev–Trinajstić information content (AvgIpc) is 3.03. The van der Waals surface area contributed by atoms with Crippen LogP contribution < -0.4 is 15.0 Å². The first-order chi connectivity index (χ1) is 15.5. The molecular formula is C26H23FN2O3. The molecule has 3 aromatic carbocycles. The average molecular weight is 430 g/mol. The molecule has 0 atom stereocenters. The number of ether oxygens (including phenoxy) is 1. The summed E-state index contributed by atoms with van der Waals surface area (Å²) in [4.78, 5) is 27.8. The number of halogens is 1. The van der Waals surface area contributed by atoms with Crippen molar-refractivity contribution >= 4 is 28.8 Å². The Morgan fingerprint density at radius 1 is 0.938 bits per heavy atom. The number of aryl methyl sites for hydroxylation is 1. The zero-order chi connectivity index (χ0) is 22.7. The zero-order valence-corrected chi connectivity index (χ0v) is 17.9. The van der Waals surface area contributed by atoms with Gasteiger partial charge < -0.3 is 10.1 Å². The van der Waals surface area contributed by atoms with Crippen molar-refractivity contribution in [1.82, 2.24) is 0 Å². The summed E-state index contributed by atoms with van der Waals surface area (Å²) < 4.78 is 19.0. The highest BCUT2D eigenvalue weighted by Crippen LogP contribution is 2.34. The van der Waals surface area contributed by atoms with Crippen LogP contribution in [0.3, 0.4) is 0 Å². The van der Waals surface area contributed by atoms with Gasteiger partial charge in [-0.05, 0) is 73.0 Å². The standard InChI is InChI=1S/C26H23FN2O3/c1-3-15-32-22-13-7-18(8-14-22)23-24(28-20-6-4-5-17(2)16-20)26(31)29(25(23)30)21-11-9-19(27)10-12-21/h4-14,16,28H,3,15H2,1-2H3. The van der Waals surface area contributed by atoms with Crippen LogP contribution >= 0.6 is 0 Å². The van der Waals surface area contributed by atoms with Gasteiger partial charge in [-0.2, -0.15) is 0 Å². The van der Waals surface area contributed by atoms with Gasteiger partial charge in [0.1, 0.15) is 17.3 Å². The molecule has 3 aromatic rings. The van der Waals surface area contributed by atoms with E-state index in [0.717, 1.165) is 16.9 Å². The molecule has 0 saturated carbocycles. The molecule has 0 unspecified atom stereocenters. The van der Waals surface area contributed by atoms with Crippen LogP contribution in [0.4, 0.5) is 15.8 Å². The minimum atomic E-state index is -0.496. The zero-order valence-electron chi connectivity index (χ0n) is 17.9. The summed E-state index contributed by atoms with van der Waals surface area (Å²) in [6.45, 7) is 4.56. The van der Waals surface area contributed by atoms with Gasteiger partial charge in [-0.15, -0.1) is 0 Å². The lowest BCUT2D eigenvalue weighted by molar-refractivity contribution is -0.120. The minimum absolute atomic E-state index is 0.173. The normalized spacial score (nSPS) is 13.7. The van der Waals surface area contributed by atoms with Crippen LogP contribution in [0.5, 0.6) is 5.75 Å². The van der Waals surface area contributed by atoms with E-state index in [1.807, 2.05) is 38.1 Å². The lowest BCUT2D eigenvalue weighted by Crippen LogP contribution is -2.32. The first-order valence-corrected chi connectivity index (χ1v) is 10.4. The molecule has 162 valence electrons. The van der Waals surface area contributed by atoms with Gasteiger partial charge in [-0.25, -0.2) is 9.29 Å². The van der Waals surface area contributed by atoms with E-state index in [0.29, 0.717) is 29.3 Å². The van der Waals surface area contributed by atoms with E-state index in [2.05, 4.69) is 5.32 Å². The molecule has 0 aliphatic carbocycles. The number of hydrogen-bond donors (Lipinski definition) is 1. The molecule has 2 amide bonds. The van der Waals surface area contributed by atoms with Crippen molar-refractivity contribution in [1.29, 1.82) is 0 Å². The maximum atomic E-state index is 13.4. The van der Waals surface area contributed by atoms with Gasteiger partial charge in [0.25, 0.3) is 11.8 Å². The number of nitrogens with zero attached hydrogens (tertiary/aromatic N) is 1. The Morgan fingerprint density at radius 3 is 2.31 bits per heavy atom. The molecule has 0 aromatic heterocycles. The highest BCUT2D eigenvalue weighted by atomic mass is 19.1. The van der Waals surface area contributed by atoms with E-state index < -0.39 is 17.6 Å². The molecule has 1 N–H and O–H groups in total. The maximum Gasteiger partial charge on any atom is 0.282 e. The fourth-order valence-corrected chi connectivity index (χ4v) is 3.54. The lowest BCUT2D eigenvalue weighted by Gasteiger charge is -2.15. The Kier molecular flexibility index (Phi) is 6.03. The molecule has 0 fully saturated rings. The van der Waals surface area contributed by atoms with E-state index in [4.69, 9.17) is 4.74 Å². The van der Waals surface area contributed by atoms with Crippen LogP contribution in [0.25, 0.3) is 5.57 Å². The van der Waals surface area contributed by atoms with Gasteiger partial charge in [0.2, 0.25) is 0 Å². The van der Waals surface area contributed by atoms with Gasteiger partial charge in [0.15, 0.2) is 0 Å². The third-order valence-electron chi connectivity index (χ3n) is 5.07. The van der Waals surface area contributed by atoms with Crippen molar-refractivity contribution in [2.75, 3.05) is 16.8 Å². The number of amides is 2. The Morgan fingerprint density at radius 2 is 1.66 bits per heavy atom. The first kappa shape index (κ1) is 21.3. The van der Waals surface area contributed by atoms with E-state index in [1.54, 1.807) is 24.3 Å². The van der Waals surface area contributed by atoms with Crippen molar-refractivity contribution < 1.29 is 18.7 Å². The second kappa shape index (κ2) is 9.06. The highest BCUT2D eigenvalue weighted by molar-refractivity contribution is 6.46. The summed E-state index contributed by atoms with van der Waals surface area (Å²) in [5.41, 5.74) is 3.04. The molecule has 0 radical (unpaired) electrons. The molecule has 1 heterocycles. The third kappa shape index (κ3) is 4.25. The predicted molar refractivity (Wildman–Crippen MR) is 123 cm³/mol. The number of imide groups is 1. The van der Waals surface area contributed by atoms with E-state index >= 15 is 0 Å². The molecule has 4 rings (SSSR count). The largest absolute Gasteiger partial charge is 0.494 e. The maximum absolute atomic E-state index is 13.4. The van der Waals surface area contributed by atoms with Crippen molar-refractivity contribution in [2.45, 2.75) is 20.3 Å². The number of carbonyl (C=O) groups excluding carboxylic acids is 2. The van der Waals surface area contributed by atoms with Crippen LogP contribution in [-0.2, 0) is 9.59 Å². The third-order valence-corrected chi connectivity index (χ3v) is 5.07. The molecule has 1 aliphatic heterocycles. The molecule has 0 saturated heterocycles. The van der Waals surface area contributed by atoms with Crippen LogP contribution in [-0.4, -0.2) is 18.4 Å². The Hall–Kier alpha value is -3.93. The van der Waals surface area contributed by atoms with Gasteiger partial charge in [0, 0.05) is 5.69 Å². The first-order valence-electron chi connectivity index (χ1n) is 10.4. The Bertz CT molecular complexity index is 1180. The summed E-state index contributed by atoms with van der Waals surface area (Å²) >= 11 is 0. The van der Waals surface area contributed by atoms with Gasteiger partial charge >= 0.3 is 0 Å². The Balaban J connectivity index is 1.76. The minimum Gasteiger partial charge on any atom is -0.494 e. The summed E-state index contributed by atoms with van der Waals surface area (Å²) in [5, 5.41) is 3.13. The van der Waals surface area contributed by atoms with Crippen molar-refractivity contribution in [3.63, 3.8) is 0 Å². The second-order valence-electron chi connectivity index (χ2n) is 7.54. The molecule has 5 nitrogen and oxygen atoms in total. The quantitative estimate of drug-likeness (QED) is 0.516. The highest BCUT2D eigenvalue weighted by Gasteiger charge is 2.40. The van der Waals surface area contributed by atoms with E-state index in [-0.39, 0.29) is 11.3 Å². The van der Waals surface area contributed by atoms with Gasteiger partial charge in [-0.3, -0.25) is 9.59 Å². The van der Waals surface area contributed by atoms with Crippen LogP contribution in [0, 0.1) is 12.7 Å². The topological polar surface area (TPSA) is 58.6 Å². The number of rotatable bonds is 7. The molecule has 0 spiro atoms. The number of carbonyl (C=O) groups is 2. The molecule has 0 bridgehead atoms. The molecule has 1 aliphatic rings. The van der Waals surface area contributed by atoms with Crippen LogP contribution in [0.1, 0.15) is 24.5 Å².